The number of ether oxygens (including phenoxy) is 3. The number of hydrogen-bond donors (Lipinski definition) is 2. The summed E-state index contributed by atoms with van der Waals surface area (Å²) in [4.78, 5) is 33.3. The lowest BCUT2D eigenvalue weighted by Gasteiger charge is -2.28. The van der Waals surface area contributed by atoms with Crippen molar-refractivity contribution in [2.45, 2.75) is 57.7 Å². The molecule has 8 nitrogen and oxygen atoms in total. The van der Waals surface area contributed by atoms with E-state index in [2.05, 4.69) is 0 Å². The summed E-state index contributed by atoms with van der Waals surface area (Å²) in [5.74, 6) is -1.78. The zero-order valence-corrected chi connectivity index (χ0v) is 13.7. The van der Waals surface area contributed by atoms with E-state index >= 15 is 0 Å². The van der Waals surface area contributed by atoms with Crippen molar-refractivity contribution in [3.63, 3.8) is 0 Å². The van der Waals surface area contributed by atoms with Gasteiger partial charge >= 0.3 is 17.9 Å². The van der Waals surface area contributed by atoms with Gasteiger partial charge in [0.1, 0.15) is 30.5 Å². The van der Waals surface area contributed by atoms with Crippen molar-refractivity contribution >= 4 is 17.9 Å². The average molecular weight is 342 g/mol. The van der Waals surface area contributed by atoms with Crippen LogP contribution in [0, 0.1) is 0 Å². The Balaban J connectivity index is 2.79. The molecule has 1 aliphatic rings. The molecular formula is C16H22O8. The van der Waals surface area contributed by atoms with E-state index in [-0.39, 0.29) is 0 Å². The highest BCUT2D eigenvalue weighted by Gasteiger charge is 2.32. The second-order valence-electron chi connectivity index (χ2n) is 5.37. The Hall–Kier alpha value is -2.19. The van der Waals surface area contributed by atoms with Gasteiger partial charge in [-0.05, 0) is 19.1 Å². The Labute approximate surface area is 139 Å². The standard InChI is InChI=1S/C16H22O8/c1-9(22-10(2)17)15(20)16(21)13(23-11(3)18)8-7-12-5-4-6-14(19)24-12/h4,6-9,12-13,15-16,20-21H,5H2,1-3H3/b8-7+. The lowest BCUT2D eigenvalue weighted by molar-refractivity contribution is -0.167. The number of aliphatic hydroxyl groups excluding tert-OH is 2. The SMILES string of the molecule is CC(=O)OC(C)C(O)C(O)C(/C=C/C1CC=CC(=O)O1)OC(C)=O. The first-order valence-corrected chi connectivity index (χ1v) is 7.46. The van der Waals surface area contributed by atoms with Crippen molar-refractivity contribution in [1.29, 1.82) is 0 Å². The number of cyclic esters (lactones) is 1. The van der Waals surface area contributed by atoms with E-state index < -0.39 is 48.4 Å². The van der Waals surface area contributed by atoms with Crippen LogP contribution in [0.1, 0.15) is 27.2 Å². The maximum atomic E-state index is 11.2. The number of esters is 3. The normalized spacial score (nSPS) is 22.4. The minimum Gasteiger partial charge on any atom is -0.460 e. The summed E-state index contributed by atoms with van der Waals surface area (Å²) in [6, 6.07) is 0. The monoisotopic (exact) mass is 342 g/mol. The quantitative estimate of drug-likeness (QED) is 0.377. The molecule has 8 heteroatoms. The summed E-state index contributed by atoms with van der Waals surface area (Å²) in [7, 11) is 0. The molecule has 1 heterocycles. The van der Waals surface area contributed by atoms with Gasteiger partial charge in [0.15, 0.2) is 0 Å². The number of carbonyl (C=O) groups excluding carboxylic acids is 3. The van der Waals surface area contributed by atoms with E-state index in [9.17, 15) is 24.6 Å². The van der Waals surface area contributed by atoms with E-state index in [4.69, 9.17) is 14.2 Å². The second kappa shape index (κ2) is 9.19. The topological polar surface area (TPSA) is 119 Å². The fourth-order valence-electron chi connectivity index (χ4n) is 2.10. The van der Waals surface area contributed by atoms with Crippen LogP contribution < -0.4 is 0 Å². The third-order valence-corrected chi connectivity index (χ3v) is 3.23. The molecule has 0 radical (unpaired) electrons. The van der Waals surface area contributed by atoms with Crippen molar-refractivity contribution in [2.75, 3.05) is 0 Å². The minimum absolute atomic E-state index is 0.442. The number of aliphatic hydroxyl groups is 2. The summed E-state index contributed by atoms with van der Waals surface area (Å²) in [5.41, 5.74) is 0. The predicted octanol–water partition coefficient (Wildman–Crippen LogP) is 0.0194. The molecule has 1 rings (SSSR count). The lowest BCUT2D eigenvalue weighted by Crippen LogP contribution is -2.45. The lowest BCUT2D eigenvalue weighted by atomic mass is 10.0. The molecule has 2 N–H and O–H groups in total. The van der Waals surface area contributed by atoms with Gasteiger partial charge in [-0.2, -0.15) is 0 Å². The molecule has 0 aromatic rings. The molecule has 134 valence electrons. The van der Waals surface area contributed by atoms with Crippen LogP contribution in [0.4, 0.5) is 0 Å². The molecule has 0 spiro atoms. The van der Waals surface area contributed by atoms with Gasteiger partial charge in [-0.25, -0.2) is 4.79 Å². The van der Waals surface area contributed by atoms with Gasteiger partial charge in [-0.3, -0.25) is 9.59 Å². The number of rotatable bonds is 7. The zero-order valence-electron chi connectivity index (χ0n) is 13.7. The van der Waals surface area contributed by atoms with Crippen LogP contribution in [-0.2, 0) is 28.6 Å². The fourth-order valence-corrected chi connectivity index (χ4v) is 2.10. The van der Waals surface area contributed by atoms with Crippen molar-refractivity contribution in [1.82, 2.24) is 0 Å². The van der Waals surface area contributed by atoms with Crippen LogP contribution in [0.2, 0.25) is 0 Å². The van der Waals surface area contributed by atoms with Gasteiger partial charge in [-0.15, -0.1) is 0 Å². The van der Waals surface area contributed by atoms with Crippen molar-refractivity contribution < 1.29 is 38.8 Å². The first-order valence-electron chi connectivity index (χ1n) is 7.46. The van der Waals surface area contributed by atoms with E-state index in [1.54, 1.807) is 6.08 Å². The molecule has 24 heavy (non-hydrogen) atoms. The van der Waals surface area contributed by atoms with Gasteiger partial charge in [0.25, 0.3) is 0 Å². The van der Waals surface area contributed by atoms with Gasteiger partial charge in [0.05, 0.1) is 0 Å². The summed E-state index contributed by atoms with van der Waals surface area (Å²) in [6.45, 7) is 3.72. The fraction of sp³-hybridized carbons (Fsp3) is 0.562. The molecule has 0 aromatic heterocycles. The van der Waals surface area contributed by atoms with Crippen molar-refractivity contribution in [3.05, 3.63) is 24.3 Å². The molecule has 5 unspecified atom stereocenters. The van der Waals surface area contributed by atoms with Crippen LogP contribution in [0.25, 0.3) is 0 Å². The molecular weight excluding hydrogens is 320 g/mol. The third-order valence-electron chi connectivity index (χ3n) is 3.23. The Bertz CT molecular complexity index is 524. The van der Waals surface area contributed by atoms with Crippen LogP contribution in [-0.4, -0.2) is 58.6 Å². The van der Waals surface area contributed by atoms with E-state index in [1.807, 2.05) is 0 Å². The highest BCUT2D eigenvalue weighted by atomic mass is 16.6. The van der Waals surface area contributed by atoms with Crippen LogP contribution in [0.15, 0.2) is 24.3 Å². The third kappa shape index (κ3) is 6.51. The van der Waals surface area contributed by atoms with Gasteiger partial charge in [-0.1, -0.05) is 6.08 Å². The Morgan fingerprint density at radius 2 is 1.88 bits per heavy atom. The molecule has 0 saturated heterocycles. The van der Waals surface area contributed by atoms with Gasteiger partial charge < -0.3 is 24.4 Å². The summed E-state index contributed by atoms with van der Waals surface area (Å²) < 4.78 is 14.8. The van der Waals surface area contributed by atoms with Crippen LogP contribution in [0.3, 0.4) is 0 Å². The molecule has 0 amide bonds. The van der Waals surface area contributed by atoms with Crippen LogP contribution >= 0.6 is 0 Å². The molecule has 0 bridgehead atoms. The van der Waals surface area contributed by atoms with E-state index in [0.29, 0.717) is 6.42 Å². The summed E-state index contributed by atoms with van der Waals surface area (Å²) in [5, 5.41) is 20.2. The molecule has 0 aliphatic carbocycles. The Morgan fingerprint density at radius 1 is 1.25 bits per heavy atom. The zero-order chi connectivity index (χ0) is 18.3. The molecule has 1 aliphatic heterocycles. The smallest absolute Gasteiger partial charge is 0.331 e. The summed E-state index contributed by atoms with van der Waals surface area (Å²) in [6.07, 6.45) is 0.399. The van der Waals surface area contributed by atoms with Gasteiger partial charge in [0, 0.05) is 26.3 Å². The highest BCUT2D eigenvalue weighted by molar-refractivity contribution is 5.82. The number of hydrogen-bond acceptors (Lipinski definition) is 8. The predicted molar refractivity (Wildman–Crippen MR) is 81.6 cm³/mol. The first-order chi connectivity index (χ1) is 11.2. The van der Waals surface area contributed by atoms with Gasteiger partial charge in [0.2, 0.25) is 0 Å². The highest BCUT2D eigenvalue weighted by Crippen LogP contribution is 2.15. The van der Waals surface area contributed by atoms with E-state index in [0.717, 1.165) is 6.92 Å². The van der Waals surface area contributed by atoms with E-state index in [1.165, 1.54) is 32.1 Å². The Morgan fingerprint density at radius 3 is 2.42 bits per heavy atom. The molecule has 0 aromatic carbocycles. The summed E-state index contributed by atoms with van der Waals surface area (Å²) >= 11 is 0. The Kier molecular flexibility index (Phi) is 7.60. The minimum atomic E-state index is -1.53. The average Bonchev–Trinajstić information content (AvgIpc) is 2.49. The van der Waals surface area contributed by atoms with Crippen LogP contribution in [0.5, 0.6) is 0 Å². The first kappa shape index (κ1) is 19.9. The molecule has 0 fully saturated rings. The maximum absolute atomic E-state index is 11.2. The second-order valence-corrected chi connectivity index (χ2v) is 5.37. The largest absolute Gasteiger partial charge is 0.460 e. The maximum Gasteiger partial charge on any atom is 0.331 e. The molecule has 5 atom stereocenters. The molecule has 0 saturated carbocycles. The van der Waals surface area contributed by atoms with Crippen molar-refractivity contribution in [2.24, 2.45) is 0 Å². The van der Waals surface area contributed by atoms with Crippen molar-refractivity contribution in [3.8, 4) is 0 Å². The number of carbonyl (C=O) groups is 3.